The van der Waals surface area contributed by atoms with Gasteiger partial charge in [0.15, 0.2) is 11.7 Å². The van der Waals surface area contributed by atoms with Crippen molar-refractivity contribution in [2.75, 3.05) is 17.2 Å². The molecule has 0 saturated carbocycles. The lowest BCUT2D eigenvalue weighted by atomic mass is 10.1. The number of anilines is 2. The van der Waals surface area contributed by atoms with E-state index in [-0.39, 0.29) is 18.4 Å². The molecule has 27 heavy (non-hydrogen) atoms. The van der Waals surface area contributed by atoms with Crippen LogP contribution >= 0.6 is 11.3 Å². The number of carbonyl (C=O) groups excluding carboxylic acids is 2. The maximum atomic E-state index is 12.4. The number of nitrogens with zero attached hydrogens (tertiary/aromatic N) is 1. The van der Waals surface area contributed by atoms with E-state index in [1.54, 1.807) is 35.8 Å². The van der Waals surface area contributed by atoms with Crippen molar-refractivity contribution in [2.45, 2.75) is 13.8 Å². The quantitative estimate of drug-likeness (QED) is 0.676. The average Bonchev–Trinajstić information content (AvgIpc) is 3.16. The first-order valence-electron chi connectivity index (χ1n) is 8.33. The van der Waals surface area contributed by atoms with Gasteiger partial charge < -0.3 is 10.1 Å². The first kappa shape index (κ1) is 18.6. The number of para-hydroxylation sites is 2. The summed E-state index contributed by atoms with van der Waals surface area (Å²) in [5, 5.41) is 7.85. The molecule has 0 aliphatic carbocycles. The van der Waals surface area contributed by atoms with Crippen LogP contribution in [0.3, 0.4) is 0 Å². The molecule has 3 aromatic rings. The lowest BCUT2D eigenvalue weighted by Crippen LogP contribution is -2.22. The van der Waals surface area contributed by atoms with Gasteiger partial charge in [-0.2, -0.15) is 0 Å². The van der Waals surface area contributed by atoms with Gasteiger partial charge in [-0.3, -0.25) is 14.9 Å². The largest absolute Gasteiger partial charge is 0.483 e. The summed E-state index contributed by atoms with van der Waals surface area (Å²) >= 11 is 1.33. The summed E-state index contributed by atoms with van der Waals surface area (Å²) in [6, 6.07) is 12.6. The molecule has 0 atom stereocenters. The van der Waals surface area contributed by atoms with Gasteiger partial charge in [-0.1, -0.05) is 30.3 Å². The van der Waals surface area contributed by atoms with Crippen LogP contribution in [0.15, 0.2) is 54.0 Å². The Morgan fingerprint density at radius 3 is 2.48 bits per heavy atom. The van der Waals surface area contributed by atoms with Crippen LogP contribution in [0.1, 0.15) is 21.5 Å². The normalized spacial score (nSPS) is 10.3. The lowest BCUT2D eigenvalue weighted by Gasteiger charge is -2.13. The molecule has 1 aromatic heterocycles. The van der Waals surface area contributed by atoms with Crippen LogP contribution in [0.2, 0.25) is 0 Å². The van der Waals surface area contributed by atoms with Gasteiger partial charge in [0.1, 0.15) is 5.75 Å². The van der Waals surface area contributed by atoms with Crippen molar-refractivity contribution in [1.29, 1.82) is 0 Å². The summed E-state index contributed by atoms with van der Waals surface area (Å²) in [6.07, 6.45) is 1.61. The predicted molar refractivity (Wildman–Crippen MR) is 107 cm³/mol. The number of thiazole rings is 1. The predicted octanol–water partition coefficient (Wildman–Crippen LogP) is 4.03. The van der Waals surface area contributed by atoms with Gasteiger partial charge in [0, 0.05) is 17.3 Å². The molecule has 0 aliphatic heterocycles. The molecule has 6 nitrogen and oxygen atoms in total. The van der Waals surface area contributed by atoms with Crippen LogP contribution in [-0.4, -0.2) is 23.4 Å². The fourth-order valence-electron chi connectivity index (χ4n) is 2.56. The third-order valence-electron chi connectivity index (χ3n) is 3.89. The van der Waals surface area contributed by atoms with E-state index in [1.165, 1.54) is 11.3 Å². The van der Waals surface area contributed by atoms with E-state index >= 15 is 0 Å². The molecule has 138 valence electrons. The van der Waals surface area contributed by atoms with Crippen LogP contribution in [0.5, 0.6) is 5.75 Å². The highest BCUT2D eigenvalue weighted by Crippen LogP contribution is 2.22. The van der Waals surface area contributed by atoms with Crippen molar-refractivity contribution < 1.29 is 14.3 Å². The molecule has 0 saturated heterocycles. The highest BCUT2D eigenvalue weighted by molar-refractivity contribution is 7.13. The highest BCUT2D eigenvalue weighted by Gasteiger charge is 2.15. The summed E-state index contributed by atoms with van der Waals surface area (Å²) in [4.78, 5) is 28.7. The molecular weight excluding hydrogens is 362 g/mol. The van der Waals surface area contributed by atoms with Crippen LogP contribution in [-0.2, 0) is 4.79 Å². The molecule has 0 aliphatic rings. The molecule has 0 fully saturated rings. The van der Waals surface area contributed by atoms with Gasteiger partial charge in [0.25, 0.3) is 11.8 Å². The van der Waals surface area contributed by atoms with Gasteiger partial charge >= 0.3 is 0 Å². The monoisotopic (exact) mass is 381 g/mol. The first-order chi connectivity index (χ1) is 13.0. The Morgan fingerprint density at radius 2 is 1.78 bits per heavy atom. The standard InChI is InChI=1S/C20H19N3O3S/c1-13-6-5-7-14(2)18(13)22-17(24)12-26-16-9-4-3-8-15(16)19(25)23-20-21-10-11-27-20/h3-11H,12H2,1-2H3,(H,22,24)(H,21,23,25). The van der Waals surface area contributed by atoms with E-state index in [2.05, 4.69) is 15.6 Å². The number of ether oxygens (including phenoxy) is 1. The Kier molecular flexibility index (Phi) is 5.83. The number of amides is 2. The summed E-state index contributed by atoms with van der Waals surface area (Å²) in [5.41, 5.74) is 3.08. The zero-order valence-electron chi connectivity index (χ0n) is 15.0. The Bertz CT molecular complexity index is 935. The first-order valence-corrected chi connectivity index (χ1v) is 9.21. The molecule has 2 amide bonds. The van der Waals surface area contributed by atoms with Gasteiger partial charge in [-0.15, -0.1) is 11.3 Å². The zero-order chi connectivity index (χ0) is 19.2. The maximum absolute atomic E-state index is 12.4. The number of aromatic nitrogens is 1. The Labute approximate surface area is 161 Å². The Morgan fingerprint density at radius 1 is 1.04 bits per heavy atom. The van der Waals surface area contributed by atoms with Crippen molar-refractivity contribution in [3.05, 3.63) is 70.7 Å². The number of rotatable bonds is 6. The average molecular weight is 381 g/mol. The molecule has 3 rings (SSSR count). The lowest BCUT2D eigenvalue weighted by molar-refractivity contribution is -0.118. The molecule has 0 spiro atoms. The highest BCUT2D eigenvalue weighted by atomic mass is 32.1. The molecule has 0 radical (unpaired) electrons. The second-order valence-electron chi connectivity index (χ2n) is 5.89. The minimum Gasteiger partial charge on any atom is -0.483 e. The van der Waals surface area contributed by atoms with E-state index in [4.69, 9.17) is 4.74 Å². The van der Waals surface area contributed by atoms with Gasteiger partial charge in [0.05, 0.1) is 5.56 Å². The topological polar surface area (TPSA) is 80.3 Å². The number of carbonyl (C=O) groups is 2. The van der Waals surface area contributed by atoms with Gasteiger partial charge in [-0.25, -0.2) is 4.98 Å². The van der Waals surface area contributed by atoms with Crippen LogP contribution in [0.25, 0.3) is 0 Å². The van der Waals surface area contributed by atoms with Crippen molar-refractivity contribution in [3.8, 4) is 5.75 Å². The Hall–Kier alpha value is -3.19. The molecule has 2 aromatic carbocycles. The Balaban J connectivity index is 1.66. The number of hydrogen-bond acceptors (Lipinski definition) is 5. The number of hydrogen-bond donors (Lipinski definition) is 2. The summed E-state index contributed by atoms with van der Waals surface area (Å²) in [7, 11) is 0. The number of nitrogens with one attached hydrogen (secondary N) is 2. The van der Waals surface area contributed by atoms with E-state index in [9.17, 15) is 9.59 Å². The third-order valence-corrected chi connectivity index (χ3v) is 4.58. The second kappa shape index (κ2) is 8.46. The van der Waals surface area contributed by atoms with Crippen LogP contribution < -0.4 is 15.4 Å². The maximum Gasteiger partial charge on any atom is 0.262 e. The fraction of sp³-hybridized carbons (Fsp3) is 0.150. The van der Waals surface area contributed by atoms with Gasteiger partial charge in [0.2, 0.25) is 0 Å². The zero-order valence-corrected chi connectivity index (χ0v) is 15.8. The molecule has 0 unspecified atom stereocenters. The van der Waals surface area contributed by atoms with Crippen LogP contribution in [0, 0.1) is 13.8 Å². The molecule has 7 heteroatoms. The fourth-order valence-corrected chi connectivity index (χ4v) is 3.08. The summed E-state index contributed by atoms with van der Waals surface area (Å²) < 4.78 is 5.60. The van der Waals surface area contributed by atoms with Crippen molar-refractivity contribution in [2.24, 2.45) is 0 Å². The molecule has 1 heterocycles. The van der Waals surface area contributed by atoms with E-state index in [0.717, 1.165) is 16.8 Å². The molecule has 2 N–H and O–H groups in total. The smallest absolute Gasteiger partial charge is 0.262 e. The van der Waals surface area contributed by atoms with E-state index in [0.29, 0.717) is 16.4 Å². The number of aryl methyl sites for hydroxylation is 2. The minimum absolute atomic E-state index is 0.199. The minimum atomic E-state index is -0.337. The molecular formula is C20H19N3O3S. The SMILES string of the molecule is Cc1cccc(C)c1NC(=O)COc1ccccc1C(=O)Nc1nccs1. The van der Waals surface area contributed by atoms with E-state index in [1.807, 2.05) is 32.0 Å². The summed E-state index contributed by atoms with van der Waals surface area (Å²) in [5.74, 6) is -0.290. The number of benzene rings is 2. The van der Waals surface area contributed by atoms with Crippen molar-refractivity contribution in [3.63, 3.8) is 0 Å². The summed E-state index contributed by atoms with van der Waals surface area (Å²) in [6.45, 7) is 3.67. The van der Waals surface area contributed by atoms with Gasteiger partial charge in [-0.05, 0) is 37.1 Å². The van der Waals surface area contributed by atoms with Crippen molar-refractivity contribution >= 4 is 34.0 Å². The third kappa shape index (κ3) is 4.71. The molecule has 0 bridgehead atoms. The van der Waals surface area contributed by atoms with E-state index < -0.39 is 0 Å². The second-order valence-corrected chi connectivity index (χ2v) is 6.79. The van der Waals surface area contributed by atoms with Crippen LogP contribution in [0.4, 0.5) is 10.8 Å². The van der Waals surface area contributed by atoms with Crippen molar-refractivity contribution in [1.82, 2.24) is 4.98 Å².